The van der Waals surface area contributed by atoms with Gasteiger partial charge in [-0.3, -0.25) is 5.01 Å². The Morgan fingerprint density at radius 2 is 1.89 bits per heavy atom. The van der Waals surface area contributed by atoms with Gasteiger partial charge in [0.15, 0.2) is 0 Å². The molecule has 0 aromatic carbocycles. The Morgan fingerprint density at radius 1 is 1.33 bits per heavy atom. The van der Waals surface area contributed by atoms with Gasteiger partial charge < -0.3 is 0 Å². The zero-order valence-corrected chi connectivity index (χ0v) is 6.41. The summed E-state index contributed by atoms with van der Waals surface area (Å²) in [6.07, 6.45) is 2.77. The zero-order valence-electron chi connectivity index (χ0n) is 6.41. The predicted octanol–water partition coefficient (Wildman–Crippen LogP) is -0.564. The molecule has 54 valence electrons. The van der Waals surface area contributed by atoms with Crippen molar-refractivity contribution in [1.82, 2.24) is 5.43 Å². The topological polar surface area (TPSA) is 16.5 Å². The molecule has 1 heterocycles. The summed E-state index contributed by atoms with van der Waals surface area (Å²) < 4.78 is 0. The first kappa shape index (κ1) is 7.03. The van der Waals surface area contributed by atoms with Crippen LogP contribution in [-0.2, 0) is 0 Å². The van der Waals surface area contributed by atoms with Crippen LogP contribution < -0.4 is 10.4 Å². The third-order valence-corrected chi connectivity index (χ3v) is 2.23. The second-order valence-electron chi connectivity index (χ2n) is 3.04. The molecule has 1 saturated heterocycles. The molecule has 9 heavy (non-hydrogen) atoms. The van der Waals surface area contributed by atoms with Crippen molar-refractivity contribution in [3.8, 4) is 0 Å². The molecule has 0 aromatic heterocycles. The fourth-order valence-corrected chi connectivity index (χ4v) is 1.36. The van der Waals surface area contributed by atoms with Crippen molar-refractivity contribution in [1.29, 1.82) is 0 Å². The van der Waals surface area contributed by atoms with Gasteiger partial charge in [-0.2, -0.15) is 5.43 Å². The van der Waals surface area contributed by atoms with Gasteiger partial charge in [-0.25, -0.2) is 0 Å². The molecule has 0 aromatic rings. The van der Waals surface area contributed by atoms with Crippen molar-refractivity contribution in [2.75, 3.05) is 20.1 Å². The third kappa shape index (κ3) is 1.95. The first-order chi connectivity index (χ1) is 4.33. The van der Waals surface area contributed by atoms with Crippen LogP contribution >= 0.6 is 0 Å². The molecular weight excluding hydrogens is 112 g/mol. The van der Waals surface area contributed by atoms with E-state index in [1.807, 2.05) is 7.05 Å². The lowest BCUT2D eigenvalue weighted by Crippen LogP contribution is -3.18. The van der Waals surface area contributed by atoms with E-state index in [0.717, 1.165) is 5.92 Å². The minimum atomic E-state index is 0.960. The largest absolute Gasteiger partial charge is 0.258 e. The summed E-state index contributed by atoms with van der Waals surface area (Å²) in [6.45, 7) is 4.95. The Morgan fingerprint density at radius 3 is 2.33 bits per heavy atom. The van der Waals surface area contributed by atoms with Crippen molar-refractivity contribution in [3.63, 3.8) is 0 Å². The Balaban J connectivity index is 2.18. The fourth-order valence-electron chi connectivity index (χ4n) is 1.36. The SMILES string of the molecule is CN[NH+]1CCC(C)CC1. The molecule has 0 unspecified atom stereocenters. The first-order valence-corrected chi connectivity index (χ1v) is 3.85. The Labute approximate surface area is 57.2 Å². The molecule has 0 aliphatic carbocycles. The van der Waals surface area contributed by atoms with E-state index in [9.17, 15) is 0 Å². The summed E-state index contributed by atoms with van der Waals surface area (Å²) in [4.78, 5) is 0. The molecule has 0 atom stereocenters. The number of nitrogens with one attached hydrogen (secondary N) is 2. The first-order valence-electron chi connectivity index (χ1n) is 3.85. The van der Waals surface area contributed by atoms with Crippen LogP contribution in [0.25, 0.3) is 0 Å². The van der Waals surface area contributed by atoms with Crippen LogP contribution in [0, 0.1) is 5.92 Å². The average molecular weight is 129 g/mol. The standard InChI is InChI=1S/C7H16N2/c1-7-3-5-9(8-2)6-4-7/h7-8H,3-6H2,1-2H3/p+1. The van der Waals surface area contributed by atoms with Gasteiger partial charge in [0.2, 0.25) is 0 Å². The summed E-state index contributed by atoms with van der Waals surface area (Å²) in [7, 11) is 2.03. The molecule has 2 nitrogen and oxygen atoms in total. The lowest BCUT2D eigenvalue weighted by Gasteiger charge is -2.25. The van der Waals surface area contributed by atoms with Gasteiger partial charge in [0, 0.05) is 19.9 Å². The van der Waals surface area contributed by atoms with Crippen LogP contribution in [0.5, 0.6) is 0 Å². The molecule has 1 aliphatic rings. The van der Waals surface area contributed by atoms with Crippen molar-refractivity contribution >= 4 is 0 Å². The predicted molar refractivity (Wildman–Crippen MR) is 38.2 cm³/mol. The second-order valence-corrected chi connectivity index (χ2v) is 3.04. The van der Waals surface area contributed by atoms with Gasteiger partial charge in [0.1, 0.15) is 0 Å². The minimum Gasteiger partial charge on any atom is -0.258 e. The van der Waals surface area contributed by atoms with Crippen molar-refractivity contribution in [2.45, 2.75) is 19.8 Å². The van der Waals surface area contributed by atoms with E-state index in [2.05, 4.69) is 12.3 Å². The Hall–Kier alpha value is -0.0800. The monoisotopic (exact) mass is 129 g/mol. The Bertz CT molecular complexity index is 75.0. The fraction of sp³-hybridized carbons (Fsp3) is 1.00. The number of hydrogen-bond acceptors (Lipinski definition) is 1. The molecular formula is C7H17N2+. The van der Waals surface area contributed by atoms with E-state index >= 15 is 0 Å². The van der Waals surface area contributed by atoms with E-state index in [-0.39, 0.29) is 0 Å². The molecule has 2 heteroatoms. The second kappa shape index (κ2) is 3.18. The average Bonchev–Trinajstić information content (AvgIpc) is 1.90. The zero-order chi connectivity index (χ0) is 6.69. The quantitative estimate of drug-likeness (QED) is 0.485. The van der Waals surface area contributed by atoms with Crippen molar-refractivity contribution in [2.24, 2.45) is 5.92 Å². The van der Waals surface area contributed by atoms with Crippen LogP contribution in [0.15, 0.2) is 0 Å². The molecule has 0 bridgehead atoms. The molecule has 1 fully saturated rings. The maximum absolute atomic E-state index is 3.24. The maximum Gasteiger partial charge on any atom is 0.0948 e. The highest BCUT2D eigenvalue weighted by Crippen LogP contribution is 2.05. The smallest absolute Gasteiger partial charge is 0.0948 e. The van der Waals surface area contributed by atoms with E-state index in [4.69, 9.17) is 0 Å². The number of hydrogen-bond donors (Lipinski definition) is 2. The van der Waals surface area contributed by atoms with E-state index < -0.39 is 0 Å². The summed E-state index contributed by atoms with van der Waals surface area (Å²) in [5.74, 6) is 0.960. The van der Waals surface area contributed by atoms with E-state index in [0.29, 0.717) is 0 Å². The summed E-state index contributed by atoms with van der Waals surface area (Å²) in [5, 5.41) is 1.55. The number of piperidine rings is 1. The van der Waals surface area contributed by atoms with Crippen LogP contribution in [0.4, 0.5) is 0 Å². The van der Waals surface area contributed by atoms with Crippen molar-refractivity contribution in [3.05, 3.63) is 0 Å². The van der Waals surface area contributed by atoms with Crippen LogP contribution in [-0.4, -0.2) is 20.1 Å². The highest BCUT2D eigenvalue weighted by Gasteiger charge is 2.16. The molecule has 0 radical (unpaired) electrons. The molecule has 0 spiro atoms. The minimum absolute atomic E-state index is 0.960. The molecule has 2 N–H and O–H groups in total. The van der Waals surface area contributed by atoms with Gasteiger partial charge in [0.25, 0.3) is 0 Å². The maximum atomic E-state index is 3.24. The number of rotatable bonds is 1. The van der Waals surface area contributed by atoms with Gasteiger partial charge in [-0.15, -0.1) is 0 Å². The van der Waals surface area contributed by atoms with E-state index in [1.54, 1.807) is 5.01 Å². The Kier molecular flexibility index (Phi) is 2.49. The molecule has 1 aliphatic heterocycles. The molecule has 0 saturated carbocycles. The van der Waals surface area contributed by atoms with Crippen LogP contribution in [0.2, 0.25) is 0 Å². The van der Waals surface area contributed by atoms with Crippen LogP contribution in [0.3, 0.4) is 0 Å². The summed E-state index contributed by atoms with van der Waals surface area (Å²) in [5.41, 5.74) is 3.24. The van der Waals surface area contributed by atoms with Gasteiger partial charge >= 0.3 is 0 Å². The number of quaternary nitrogens is 1. The summed E-state index contributed by atoms with van der Waals surface area (Å²) in [6, 6.07) is 0. The van der Waals surface area contributed by atoms with Gasteiger partial charge in [-0.1, -0.05) is 6.92 Å². The van der Waals surface area contributed by atoms with Crippen molar-refractivity contribution < 1.29 is 5.01 Å². The molecule has 0 amide bonds. The highest BCUT2D eigenvalue weighted by atomic mass is 15.5. The van der Waals surface area contributed by atoms with Gasteiger partial charge in [-0.05, 0) is 5.92 Å². The molecule has 1 rings (SSSR count). The summed E-state index contributed by atoms with van der Waals surface area (Å²) >= 11 is 0. The lowest BCUT2D eigenvalue weighted by molar-refractivity contribution is -0.948. The van der Waals surface area contributed by atoms with Gasteiger partial charge in [0.05, 0.1) is 13.1 Å². The van der Waals surface area contributed by atoms with Crippen LogP contribution in [0.1, 0.15) is 19.8 Å². The lowest BCUT2D eigenvalue weighted by atomic mass is 10.0. The highest BCUT2D eigenvalue weighted by molar-refractivity contribution is 4.54. The normalized spacial score (nSPS) is 36.7. The third-order valence-electron chi connectivity index (χ3n) is 2.23. The van der Waals surface area contributed by atoms with E-state index in [1.165, 1.54) is 25.9 Å².